The van der Waals surface area contributed by atoms with Crippen molar-refractivity contribution in [3.05, 3.63) is 59.9 Å². The molecule has 158 valence electrons. The number of ether oxygens (including phenoxy) is 1. The van der Waals surface area contributed by atoms with Crippen LogP contribution in [-0.4, -0.2) is 59.6 Å². The van der Waals surface area contributed by atoms with E-state index in [0.717, 1.165) is 61.6 Å². The van der Waals surface area contributed by atoms with Crippen molar-refractivity contribution in [2.75, 3.05) is 34.3 Å². The summed E-state index contributed by atoms with van der Waals surface area (Å²) in [6.07, 6.45) is 2.01. The topological polar surface area (TPSA) is 50.6 Å². The van der Waals surface area contributed by atoms with E-state index in [4.69, 9.17) is 9.72 Å². The van der Waals surface area contributed by atoms with Gasteiger partial charge in [0.2, 0.25) is 5.91 Å². The molecule has 1 aromatic heterocycles. The predicted molar refractivity (Wildman–Crippen MR) is 119 cm³/mol. The quantitative estimate of drug-likeness (QED) is 0.630. The van der Waals surface area contributed by atoms with Gasteiger partial charge >= 0.3 is 0 Å². The molecule has 6 heteroatoms. The number of hydrogen-bond donors (Lipinski definition) is 0. The fourth-order valence-electron chi connectivity index (χ4n) is 4.30. The second-order valence-corrected chi connectivity index (χ2v) is 8.26. The normalized spacial score (nSPS) is 17.2. The van der Waals surface area contributed by atoms with Crippen LogP contribution in [0, 0.1) is 5.92 Å². The third-order valence-corrected chi connectivity index (χ3v) is 5.89. The lowest BCUT2D eigenvalue weighted by Crippen LogP contribution is -2.42. The Morgan fingerprint density at radius 3 is 2.63 bits per heavy atom. The number of rotatable bonds is 6. The highest BCUT2D eigenvalue weighted by molar-refractivity contribution is 5.78. The maximum atomic E-state index is 12.5. The third-order valence-electron chi connectivity index (χ3n) is 5.89. The number of fused-ring (bicyclic) bond motifs is 1. The molecule has 30 heavy (non-hydrogen) atoms. The highest BCUT2D eigenvalue weighted by Crippen LogP contribution is 2.23. The smallest absolute Gasteiger partial charge is 0.226 e. The minimum absolute atomic E-state index is 0.0770. The molecule has 0 radical (unpaired) electrons. The minimum atomic E-state index is 0.0770. The summed E-state index contributed by atoms with van der Waals surface area (Å²) < 4.78 is 7.59. The van der Waals surface area contributed by atoms with Crippen LogP contribution < -0.4 is 4.74 Å². The standard InChI is InChI=1S/C24H30N4O2/c1-26(2)24(29)19-7-6-14-27(16-19)17-23-25-21-8-4-5-9-22(21)28(23)15-18-10-12-20(30-3)13-11-18/h4-5,8-13,19H,6-7,14-17H2,1-3H3/t19-/m0/s1. The number of carbonyl (C=O) groups excluding carboxylic acids is 1. The van der Waals surface area contributed by atoms with Crippen molar-refractivity contribution in [1.82, 2.24) is 19.4 Å². The summed E-state index contributed by atoms with van der Waals surface area (Å²) in [5.74, 6) is 2.21. The van der Waals surface area contributed by atoms with Gasteiger partial charge in [-0.15, -0.1) is 0 Å². The Balaban J connectivity index is 1.59. The molecule has 3 aromatic rings. The van der Waals surface area contributed by atoms with E-state index in [1.54, 1.807) is 12.0 Å². The Hall–Kier alpha value is -2.86. The average molecular weight is 407 g/mol. The molecule has 6 nitrogen and oxygen atoms in total. The van der Waals surface area contributed by atoms with Crippen molar-refractivity contribution in [1.29, 1.82) is 0 Å². The van der Waals surface area contributed by atoms with Crippen molar-refractivity contribution in [3.63, 3.8) is 0 Å². The van der Waals surface area contributed by atoms with E-state index in [2.05, 4.69) is 39.8 Å². The van der Waals surface area contributed by atoms with Crippen LogP contribution >= 0.6 is 0 Å². The Morgan fingerprint density at radius 1 is 1.13 bits per heavy atom. The van der Waals surface area contributed by atoms with Gasteiger partial charge in [-0.2, -0.15) is 0 Å². The summed E-state index contributed by atoms with van der Waals surface area (Å²) in [5, 5.41) is 0. The number of hydrogen-bond acceptors (Lipinski definition) is 4. The van der Waals surface area contributed by atoms with E-state index in [0.29, 0.717) is 0 Å². The predicted octanol–water partition coefficient (Wildman–Crippen LogP) is 3.39. The van der Waals surface area contributed by atoms with Gasteiger partial charge in [0.1, 0.15) is 11.6 Å². The molecule has 0 unspecified atom stereocenters. The molecule has 0 spiro atoms. The number of methoxy groups -OCH3 is 1. The summed E-state index contributed by atoms with van der Waals surface area (Å²) in [5.41, 5.74) is 3.36. The second-order valence-electron chi connectivity index (χ2n) is 8.26. The van der Waals surface area contributed by atoms with Crippen LogP contribution in [0.5, 0.6) is 5.75 Å². The summed E-state index contributed by atoms with van der Waals surface area (Å²) in [4.78, 5) is 21.5. The fraction of sp³-hybridized carbons (Fsp3) is 0.417. The Morgan fingerprint density at radius 2 is 1.90 bits per heavy atom. The number of aromatic nitrogens is 2. The van der Waals surface area contributed by atoms with Crippen LogP contribution in [0.15, 0.2) is 48.5 Å². The van der Waals surface area contributed by atoms with Gasteiger partial charge in [-0.05, 0) is 49.2 Å². The van der Waals surface area contributed by atoms with Crippen molar-refractivity contribution in [3.8, 4) is 5.75 Å². The lowest BCUT2D eigenvalue weighted by atomic mass is 9.97. The van der Waals surface area contributed by atoms with E-state index in [-0.39, 0.29) is 11.8 Å². The van der Waals surface area contributed by atoms with Gasteiger partial charge in [-0.3, -0.25) is 9.69 Å². The van der Waals surface area contributed by atoms with Crippen LogP contribution in [0.2, 0.25) is 0 Å². The number of imidazole rings is 1. The van der Waals surface area contributed by atoms with Crippen molar-refractivity contribution in [2.24, 2.45) is 5.92 Å². The molecule has 0 aliphatic carbocycles. The second kappa shape index (κ2) is 8.88. The molecule has 1 atom stereocenters. The lowest BCUT2D eigenvalue weighted by Gasteiger charge is -2.33. The molecule has 4 rings (SSSR count). The summed E-state index contributed by atoms with van der Waals surface area (Å²) >= 11 is 0. The highest BCUT2D eigenvalue weighted by Gasteiger charge is 2.27. The molecule has 0 N–H and O–H groups in total. The van der Waals surface area contributed by atoms with Gasteiger partial charge in [0.05, 0.1) is 30.6 Å². The number of amides is 1. The Kier molecular flexibility index (Phi) is 6.04. The Bertz CT molecular complexity index is 1010. The summed E-state index contributed by atoms with van der Waals surface area (Å²) in [6.45, 7) is 3.31. The molecule has 0 saturated carbocycles. The number of nitrogens with zero attached hydrogens (tertiary/aromatic N) is 4. The van der Waals surface area contributed by atoms with E-state index in [1.807, 2.05) is 32.3 Å². The molecule has 2 aromatic carbocycles. The summed E-state index contributed by atoms with van der Waals surface area (Å²) in [7, 11) is 5.37. The fourth-order valence-corrected chi connectivity index (χ4v) is 4.30. The minimum Gasteiger partial charge on any atom is -0.497 e. The molecular formula is C24H30N4O2. The monoisotopic (exact) mass is 406 g/mol. The molecule has 1 aliphatic heterocycles. The maximum absolute atomic E-state index is 12.5. The van der Waals surface area contributed by atoms with Gasteiger partial charge in [0.25, 0.3) is 0 Å². The SMILES string of the molecule is COc1ccc(Cn2c(CN3CCC[C@H](C(=O)N(C)C)C3)nc3ccccc32)cc1. The summed E-state index contributed by atoms with van der Waals surface area (Å²) in [6, 6.07) is 16.5. The first-order valence-corrected chi connectivity index (χ1v) is 10.6. The first-order chi connectivity index (χ1) is 14.5. The molecular weight excluding hydrogens is 376 g/mol. The van der Waals surface area contributed by atoms with Crippen molar-refractivity contribution in [2.45, 2.75) is 25.9 Å². The molecule has 1 saturated heterocycles. The number of piperidine rings is 1. The molecule has 2 heterocycles. The van der Waals surface area contributed by atoms with E-state index in [1.165, 1.54) is 5.56 Å². The molecule has 1 amide bonds. The van der Waals surface area contributed by atoms with Crippen LogP contribution in [0.3, 0.4) is 0 Å². The van der Waals surface area contributed by atoms with Crippen LogP contribution in [0.4, 0.5) is 0 Å². The lowest BCUT2D eigenvalue weighted by molar-refractivity contribution is -0.134. The van der Waals surface area contributed by atoms with Gasteiger partial charge in [-0.1, -0.05) is 24.3 Å². The molecule has 0 bridgehead atoms. The van der Waals surface area contributed by atoms with Crippen molar-refractivity contribution >= 4 is 16.9 Å². The third kappa shape index (κ3) is 4.33. The van der Waals surface area contributed by atoms with Gasteiger partial charge in [0, 0.05) is 27.2 Å². The zero-order valence-electron chi connectivity index (χ0n) is 18.0. The molecule has 1 fully saturated rings. The van der Waals surface area contributed by atoms with E-state index >= 15 is 0 Å². The zero-order valence-corrected chi connectivity index (χ0v) is 18.0. The Labute approximate surface area is 178 Å². The molecule has 1 aliphatic rings. The van der Waals surface area contributed by atoms with Crippen LogP contribution in [0.25, 0.3) is 11.0 Å². The number of para-hydroxylation sites is 2. The van der Waals surface area contributed by atoms with E-state index in [9.17, 15) is 4.79 Å². The van der Waals surface area contributed by atoms with Gasteiger partial charge in [-0.25, -0.2) is 4.98 Å². The maximum Gasteiger partial charge on any atom is 0.226 e. The van der Waals surface area contributed by atoms with Crippen LogP contribution in [0.1, 0.15) is 24.2 Å². The zero-order chi connectivity index (χ0) is 21.1. The largest absolute Gasteiger partial charge is 0.497 e. The van der Waals surface area contributed by atoms with Gasteiger partial charge in [0.15, 0.2) is 0 Å². The highest BCUT2D eigenvalue weighted by atomic mass is 16.5. The van der Waals surface area contributed by atoms with E-state index < -0.39 is 0 Å². The van der Waals surface area contributed by atoms with Crippen molar-refractivity contribution < 1.29 is 9.53 Å². The van der Waals surface area contributed by atoms with Gasteiger partial charge < -0.3 is 14.2 Å². The van der Waals surface area contributed by atoms with Crippen LogP contribution in [-0.2, 0) is 17.9 Å². The number of benzene rings is 2. The first-order valence-electron chi connectivity index (χ1n) is 10.6. The number of likely N-dealkylation sites (tertiary alicyclic amines) is 1. The number of carbonyl (C=O) groups is 1. The first kappa shape index (κ1) is 20.4. The average Bonchev–Trinajstić information content (AvgIpc) is 3.10.